The number of hydrogen-bond donors (Lipinski definition) is 0. The van der Waals surface area contributed by atoms with Gasteiger partial charge in [-0.25, -0.2) is 8.78 Å². The van der Waals surface area contributed by atoms with Crippen molar-refractivity contribution in [3.05, 3.63) is 35.4 Å². The van der Waals surface area contributed by atoms with Crippen LogP contribution in [0.3, 0.4) is 0 Å². The van der Waals surface area contributed by atoms with Crippen molar-refractivity contribution >= 4 is 5.78 Å². The van der Waals surface area contributed by atoms with Crippen molar-refractivity contribution in [2.45, 2.75) is 45.4 Å². The van der Waals surface area contributed by atoms with E-state index in [4.69, 9.17) is 0 Å². The smallest absolute Gasteiger partial charge is 0.171 e. The van der Waals surface area contributed by atoms with Crippen LogP contribution in [-0.4, -0.2) is 5.78 Å². The fraction of sp³-hybridized carbons (Fsp3) is 0.562. The molecule has 0 heterocycles. The third-order valence-electron chi connectivity index (χ3n) is 4.12. The number of carbonyl (C=O) groups is 1. The Hall–Kier alpha value is -1.25. The van der Waals surface area contributed by atoms with E-state index in [9.17, 15) is 13.6 Å². The predicted molar refractivity (Wildman–Crippen MR) is 71.0 cm³/mol. The Morgan fingerprint density at radius 2 is 1.74 bits per heavy atom. The molecule has 1 aromatic rings. The highest BCUT2D eigenvalue weighted by Crippen LogP contribution is 2.34. The lowest BCUT2D eigenvalue weighted by atomic mass is 9.77. The van der Waals surface area contributed by atoms with Crippen molar-refractivity contribution in [1.29, 1.82) is 0 Å². The summed E-state index contributed by atoms with van der Waals surface area (Å²) in [7, 11) is 0. The van der Waals surface area contributed by atoms with Crippen LogP contribution in [0.25, 0.3) is 0 Å². The maximum Gasteiger partial charge on any atom is 0.171 e. The molecule has 0 saturated heterocycles. The third-order valence-corrected chi connectivity index (χ3v) is 4.12. The van der Waals surface area contributed by atoms with Crippen molar-refractivity contribution in [3.63, 3.8) is 0 Å². The molecule has 0 spiro atoms. The Morgan fingerprint density at radius 3 is 2.26 bits per heavy atom. The number of halogens is 2. The van der Waals surface area contributed by atoms with Crippen molar-refractivity contribution in [1.82, 2.24) is 0 Å². The quantitative estimate of drug-likeness (QED) is 0.718. The first-order valence-corrected chi connectivity index (χ1v) is 7.11. The van der Waals surface area contributed by atoms with Crippen molar-refractivity contribution in [2.24, 2.45) is 11.8 Å². The summed E-state index contributed by atoms with van der Waals surface area (Å²) in [5.74, 6) is -1.36. The molecule has 1 nitrogen and oxygen atoms in total. The fourth-order valence-electron chi connectivity index (χ4n) is 3.06. The van der Waals surface area contributed by atoms with Crippen molar-refractivity contribution < 1.29 is 13.6 Å². The highest BCUT2D eigenvalue weighted by atomic mass is 19.1. The van der Waals surface area contributed by atoms with E-state index in [1.807, 2.05) is 0 Å². The van der Waals surface area contributed by atoms with Gasteiger partial charge in [-0.1, -0.05) is 25.8 Å². The maximum atomic E-state index is 13.6. The Kier molecular flexibility index (Phi) is 4.67. The van der Waals surface area contributed by atoms with Crippen LogP contribution in [-0.2, 0) is 0 Å². The molecule has 3 heteroatoms. The van der Waals surface area contributed by atoms with Gasteiger partial charge in [0.25, 0.3) is 0 Å². The zero-order valence-electron chi connectivity index (χ0n) is 11.3. The summed E-state index contributed by atoms with van der Waals surface area (Å²) in [6.07, 6.45) is 5.87. The number of benzene rings is 1. The largest absolute Gasteiger partial charge is 0.294 e. The summed E-state index contributed by atoms with van der Waals surface area (Å²) in [4.78, 5) is 12.2. The lowest BCUT2D eigenvalue weighted by Gasteiger charge is -2.27. The van der Waals surface area contributed by atoms with E-state index in [1.54, 1.807) is 0 Å². The number of rotatable bonds is 4. The summed E-state index contributed by atoms with van der Waals surface area (Å²) in [5, 5.41) is 0. The molecule has 0 aromatic heterocycles. The van der Waals surface area contributed by atoms with Crippen LogP contribution in [0.1, 0.15) is 55.8 Å². The van der Waals surface area contributed by atoms with Gasteiger partial charge in [0.1, 0.15) is 11.6 Å². The Balaban J connectivity index is 2.05. The molecule has 1 aliphatic carbocycles. The molecule has 1 aromatic carbocycles. The van der Waals surface area contributed by atoms with E-state index in [0.29, 0.717) is 5.92 Å². The van der Waals surface area contributed by atoms with Gasteiger partial charge in [-0.05, 0) is 43.7 Å². The molecule has 1 saturated carbocycles. The summed E-state index contributed by atoms with van der Waals surface area (Å²) >= 11 is 0. The predicted octanol–water partition coefficient (Wildman–Crippen LogP) is 4.75. The lowest BCUT2D eigenvalue weighted by molar-refractivity contribution is 0.0861. The number of ketones is 1. The van der Waals surface area contributed by atoms with Gasteiger partial charge in [-0.15, -0.1) is 0 Å². The number of Topliss-reactive ketones (excluding diaryl/α,β-unsaturated/α-hetero) is 1. The van der Waals surface area contributed by atoms with Crippen LogP contribution in [0.4, 0.5) is 8.78 Å². The first-order valence-electron chi connectivity index (χ1n) is 7.11. The summed E-state index contributed by atoms with van der Waals surface area (Å²) in [6, 6.07) is 3.59. The maximum absolute atomic E-state index is 13.6. The standard InChI is InChI=1S/C16H20F2O/c1-2-4-11-7-9-12(10-8-11)16(19)15-13(17)5-3-6-14(15)18/h3,5-6,11-12H,2,4,7-10H2,1H3. The van der Waals surface area contributed by atoms with Crippen LogP contribution in [0.2, 0.25) is 0 Å². The molecule has 1 fully saturated rings. The zero-order valence-corrected chi connectivity index (χ0v) is 11.3. The highest BCUT2D eigenvalue weighted by Gasteiger charge is 2.29. The average molecular weight is 266 g/mol. The minimum absolute atomic E-state index is 0.209. The summed E-state index contributed by atoms with van der Waals surface area (Å²) in [5.41, 5.74) is -0.346. The molecule has 0 bridgehead atoms. The van der Waals surface area contributed by atoms with Gasteiger partial charge < -0.3 is 0 Å². The summed E-state index contributed by atoms with van der Waals surface area (Å²) in [6.45, 7) is 2.16. The first-order chi connectivity index (χ1) is 9.13. The van der Waals surface area contributed by atoms with Gasteiger partial charge in [-0.3, -0.25) is 4.79 Å². The molecule has 19 heavy (non-hydrogen) atoms. The van der Waals surface area contributed by atoms with E-state index < -0.39 is 11.6 Å². The van der Waals surface area contributed by atoms with Gasteiger partial charge in [0.15, 0.2) is 5.78 Å². The molecule has 0 amide bonds. The second kappa shape index (κ2) is 6.27. The van der Waals surface area contributed by atoms with Crippen LogP contribution in [0, 0.1) is 23.5 Å². The van der Waals surface area contributed by atoms with Crippen LogP contribution >= 0.6 is 0 Å². The Labute approximate surface area is 113 Å². The van der Waals surface area contributed by atoms with Gasteiger partial charge >= 0.3 is 0 Å². The van der Waals surface area contributed by atoms with Crippen molar-refractivity contribution in [2.75, 3.05) is 0 Å². The van der Waals surface area contributed by atoms with E-state index in [1.165, 1.54) is 12.5 Å². The fourth-order valence-corrected chi connectivity index (χ4v) is 3.06. The van der Waals surface area contributed by atoms with E-state index in [2.05, 4.69) is 6.92 Å². The second-order valence-electron chi connectivity index (χ2n) is 5.47. The minimum Gasteiger partial charge on any atom is -0.294 e. The lowest BCUT2D eigenvalue weighted by Crippen LogP contribution is -2.23. The number of carbonyl (C=O) groups excluding carboxylic acids is 1. The van der Waals surface area contributed by atoms with E-state index >= 15 is 0 Å². The van der Waals surface area contributed by atoms with Crippen LogP contribution in [0.5, 0.6) is 0 Å². The average Bonchev–Trinajstić information content (AvgIpc) is 2.39. The van der Waals surface area contributed by atoms with E-state index in [-0.39, 0.29) is 17.3 Å². The van der Waals surface area contributed by atoms with Crippen molar-refractivity contribution in [3.8, 4) is 0 Å². The minimum atomic E-state index is -0.735. The van der Waals surface area contributed by atoms with Gasteiger partial charge in [0.05, 0.1) is 5.56 Å². The molecule has 0 unspecified atom stereocenters. The molecule has 1 aliphatic rings. The Bertz CT molecular complexity index is 428. The Morgan fingerprint density at radius 1 is 1.16 bits per heavy atom. The highest BCUT2D eigenvalue weighted by molar-refractivity contribution is 5.98. The topological polar surface area (TPSA) is 17.1 Å². The van der Waals surface area contributed by atoms with Gasteiger partial charge in [0.2, 0.25) is 0 Å². The van der Waals surface area contributed by atoms with Gasteiger partial charge in [-0.2, -0.15) is 0 Å². The molecule has 0 aliphatic heterocycles. The van der Waals surface area contributed by atoms with Crippen LogP contribution < -0.4 is 0 Å². The summed E-state index contributed by atoms with van der Waals surface area (Å²) < 4.78 is 27.2. The molecular weight excluding hydrogens is 246 g/mol. The van der Waals surface area contributed by atoms with Gasteiger partial charge in [0, 0.05) is 5.92 Å². The normalized spacial score (nSPS) is 23.3. The first kappa shape index (κ1) is 14.2. The molecule has 0 radical (unpaired) electrons. The molecular formula is C16H20F2O. The third kappa shape index (κ3) is 3.20. The van der Waals surface area contributed by atoms with E-state index in [0.717, 1.165) is 44.2 Å². The SMILES string of the molecule is CCCC1CCC(C(=O)c2c(F)cccc2F)CC1. The zero-order chi connectivity index (χ0) is 13.8. The molecule has 0 N–H and O–H groups in total. The second-order valence-corrected chi connectivity index (χ2v) is 5.47. The number of hydrogen-bond acceptors (Lipinski definition) is 1. The molecule has 2 rings (SSSR count). The van der Waals surface area contributed by atoms with Crippen LogP contribution in [0.15, 0.2) is 18.2 Å². The monoisotopic (exact) mass is 266 g/mol. The molecule has 104 valence electrons. The molecule has 0 atom stereocenters.